The Labute approximate surface area is 108 Å². The van der Waals surface area contributed by atoms with Crippen LogP contribution in [0.1, 0.15) is 25.2 Å². The van der Waals surface area contributed by atoms with Crippen LogP contribution in [0.25, 0.3) is 0 Å². The Morgan fingerprint density at radius 2 is 1.94 bits per heavy atom. The summed E-state index contributed by atoms with van der Waals surface area (Å²) in [4.78, 5) is 4.23. The Balaban J connectivity index is 2.18. The largest absolute Gasteiger partial charge is 0.327 e. The molecule has 1 aromatic carbocycles. The van der Waals surface area contributed by atoms with Gasteiger partial charge in [-0.1, -0.05) is 44.2 Å². The van der Waals surface area contributed by atoms with Gasteiger partial charge in [-0.25, -0.2) is 4.98 Å². The van der Waals surface area contributed by atoms with Crippen molar-refractivity contribution in [3.63, 3.8) is 0 Å². The molecule has 2 rings (SSSR count). The van der Waals surface area contributed by atoms with Crippen LogP contribution in [0.15, 0.2) is 36.7 Å². The van der Waals surface area contributed by atoms with Crippen molar-refractivity contribution in [1.29, 1.82) is 0 Å². The fraction of sp³-hybridized carbons (Fsp3) is 0.429. The second-order valence-corrected chi connectivity index (χ2v) is 5.20. The molecule has 0 spiro atoms. The van der Waals surface area contributed by atoms with Crippen LogP contribution in [0.3, 0.4) is 0 Å². The van der Waals surface area contributed by atoms with Crippen molar-refractivity contribution in [3.8, 4) is 0 Å². The highest BCUT2D eigenvalue weighted by atomic mass is 15.3. The Morgan fingerprint density at radius 3 is 2.50 bits per heavy atom. The molecule has 0 saturated carbocycles. The molecule has 1 heterocycles. The van der Waals surface area contributed by atoms with Crippen LogP contribution in [0.2, 0.25) is 0 Å². The van der Waals surface area contributed by atoms with E-state index >= 15 is 0 Å². The van der Waals surface area contributed by atoms with Crippen LogP contribution >= 0.6 is 0 Å². The molecule has 0 radical (unpaired) electrons. The molecule has 0 fully saturated rings. The number of rotatable bonds is 4. The minimum absolute atomic E-state index is 0.00259. The molecule has 18 heavy (non-hydrogen) atoms. The Kier molecular flexibility index (Phi) is 3.48. The summed E-state index contributed by atoms with van der Waals surface area (Å²) in [7, 11) is 1.89. The molecular weight excluding hydrogens is 224 g/mol. The molecular formula is C14H20N4. The van der Waals surface area contributed by atoms with Crippen molar-refractivity contribution in [1.82, 2.24) is 14.8 Å². The van der Waals surface area contributed by atoms with Crippen LogP contribution < -0.4 is 5.73 Å². The number of nitrogens with zero attached hydrogens (tertiary/aromatic N) is 3. The smallest absolute Gasteiger partial charge is 0.138 e. The molecule has 0 saturated heterocycles. The van der Waals surface area contributed by atoms with Gasteiger partial charge in [0.05, 0.1) is 0 Å². The number of benzene rings is 1. The van der Waals surface area contributed by atoms with E-state index in [0.717, 1.165) is 12.2 Å². The van der Waals surface area contributed by atoms with Crippen molar-refractivity contribution >= 4 is 0 Å². The molecule has 0 amide bonds. The second-order valence-electron chi connectivity index (χ2n) is 5.20. The first-order valence-electron chi connectivity index (χ1n) is 6.16. The van der Waals surface area contributed by atoms with Crippen LogP contribution in [-0.2, 0) is 18.9 Å². The molecule has 1 aromatic heterocycles. The third-order valence-corrected chi connectivity index (χ3v) is 3.65. The summed E-state index contributed by atoms with van der Waals surface area (Å²) in [6.07, 6.45) is 2.29. The van der Waals surface area contributed by atoms with Crippen LogP contribution in [-0.4, -0.2) is 20.8 Å². The maximum Gasteiger partial charge on any atom is 0.138 e. The fourth-order valence-corrected chi connectivity index (χ4v) is 2.04. The molecule has 4 heteroatoms. The third kappa shape index (κ3) is 2.43. The molecule has 4 nitrogen and oxygen atoms in total. The van der Waals surface area contributed by atoms with Crippen LogP contribution in [0.5, 0.6) is 0 Å². The van der Waals surface area contributed by atoms with E-state index in [0.29, 0.717) is 0 Å². The summed E-state index contributed by atoms with van der Waals surface area (Å²) in [5.74, 6) is 0.923. The first-order valence-corrected chi connectivity index (χ1v) is 6.16. The molecule has 1 unspecified atom stereocenters. The lowest BCUT2D eigenvalue weighted by Gasteiger charge is -2.32. The van der Waals surface area contributed by atoms with Crippen molar-refractivity contribution < 1.29 is 0 Å². The summed E-state index contributed by atoms with van der Waals surface area (Å²) < 4.78 is 1.78. The topological polar surface area (TPSA) is 56.7 Å². The lowest BCUT2D eigenvalue weighted by molar-refractivity contribution is 0.396. The Morgan fingerprint density at radius 1 is 1.28 bits per heavy atom. The van der Waals surface area contributed by atoms with Gasteiger partial charge >= 0.3 is 0 Å². The average molecular weight is 244 g/mol. The van der Waals surface area contributed by atoms with E-state index < -0.39 is 0 Å². The highest BCUT2D eigenvalue weighted by Gasteiger charge is 2.29. The van der Waals surface area contributed by atoms with E-state index in [9.17, 15) is 0 Å². The van der Waals surface area contributed by atoms with E-state index in [1.54, 1.807) is 11.0 Å². The molecule has 0 aliphatic heterocycles. The minimum Gasteiger partial charge on any atom is -0.327 e. The van der Waals surface area contributed by atoms with Gasteiger partial charge in [-0.15, -0.1) is 0 Å². The summed E-state index contributed by atoms with van der Waals surface area (Å²) in [5.41, 5.74) is 7.52. The zero-order valence-electron chi connectivity index (χ0n) is 11.2. The lowest BCUT2D eigenvalue weighted by Crippen LogP contribution is -2.43. The Hall–Kier alpha value is -1.68. The molecule has 2 aromatic rings. The van der Waals surface area contributed by atoms with Gasteiger partial charge in [0.1, 0.15) is 12.2 Å². The second kappa shape index (κ2) is 4.90. The van der Waals surface area contributed by atoms with E-state index in [1.165, 1.54) is 5.56 Å². The summed E-state index contributed by atoms with van der Waals surface area (Å²) in [6.45, 7) is 4.34. The molecule has 0 aliphatic rings. The predicted octanol–water partition coefficient (Wildman–Crippen LogP) is 1.66. The van der Waals surface area contributed by atoms with Gasteiger partial charge in [-0.3, -0.25) is 4.68 Å². The van der Waals surface area contributed by atoms with E-state index in [4.69, 9.17) is 5.73 Å². The maximum absolute atomic E-state index is 6.36. The molecule has 0 bridgehead atoms. The fourth-order valence-electron chi connectivity index (χ4n) is 2.04. The minimum atomic E-state index is -0.0901. The number of nitrogens with two attached hydrogens (primary N) is 1. The first kappa shape index (κ1) is 12.8. The monoisotopic (exact) mass is 244 g/mol. The standard InChI is InChI=1S/C14H20N4/c1-14(2,11-7-5-4-6-8-11)12(15)9-13-16-10-17-18(13)3/h4-8,10,12H,9,15H2,1-3H3. The molecule has 96 valence electrons. The van der Waals surface area contributed by atoms with Gasteiger partial charge in [0, 0.05) is 24.9 Å². The summed E-state index contributed by atoms with van der Waals surface area (Å²) >= 11 is 0. The van der Waals surface area contributed by atoms with E-state index in [1.807, 2.05) is 25.2 Å². The molecule has 2 N–H and O–H groups in total. The maximum atomic E-state index is 6.36. The number of hydrogen-bond donors (Lipinski definition) is 1. The van der Waals surface area contributed by atoms with Crippen molar-refractivity contribution in [2.75, 3.05) is 0 Å². The number of hydrogen-bond acceptors (Lipinski definition) is 3. The highest BCUT2D eigenvalue weighted by Crippen LogP contribution is 2.27. The van der Waals surface area contributed by atoms with Crippen molar-refractivity contribution in [2.24, 2.45) is 12.8 Å². The Bertz CT molecular complexity index is 502. The quantitative estimate of drug-likeness (QED) is 0.890. The van der Waals surface area contributed by atoms with E-state index in [-0.39, 0.29) is 11.5 Å². The van der Waals surface area contributed by atoms with Gasteiger partial charge < -0.3 is 5.73 Å². The predicted molar refractivity (Wildman–Crippen MR) is 72.2 cm³/mol. The normalized spacial score (nSPS) is 13.6. The summed E-state index contributed by atoms with van der Waals surface area (Å²) in [5, 5.41) is 4.07. The lowest BCUT2D eigenvalue weighted by atomic mass is 9.77. The first-order chi connectivity index (χ1) is 8.51. The third-order valence-electron chi connectivity index (χ3n) is 3.65. The highest BCUT2D eigenvalue weighted by molar-refractivity contribution is 5.26. The van der Waals surface area contributed by atoms with Crippen molar-refractivity contribution in [3.05, 3.63) is 48.0 Å². The molecule has 0 aliphatic carbocycles. The van der Waals surface area contributed by atoms with Gasteiger partial charge in [0.2, 0.25) is 0 Å². The summed E-state index contributed by atoms with van der Waals surface area (Å²) in [6, 6.07) is 10.4. The van der Waals surface area contributed by atoms with E-state index in [2.05, 4.69) is 36.1 Å². The van der Waals surface area contributed by atoms with Crippen molar-refractivity contribution in [2.45, 2.75) is 31.7 Å². The van der Waals surface area contributed by atoms with Gasteiger partial charge in [0.25, 0.3) is 0 Å². The zero-order chi connectivity index (χ0) is 13.2. The molecule has 1 atom stereocenters. The van der Waals surface area contributed by atoms with Gasteiger partial charge in [-0.2, -0.15) is 5.10 Å². The van der Waals surface area contributed by atoms with Crippen LogP contribution in [0.4, 0.5) is 0 Å². The number of aryl methyl sites for hydroxylation is 1. The zero-order valence-corrected chi connectivity index (χ0v) is 11.2. The van der Waals surface area contributed by atoms with Gasteiger partial charge in [-0.05, 0) is 5.56 Å². The SMILES string of the molecule is Cn1ncnc1CC(N)C(C)(C)c1ccccc1. The average Bonchev–Trinajstić information content (AvgIpc) is 2.76. The number of aromatic nitrogens is 3. The van der Waals surface area contributed by atoms with Gasteiger partial charge in [0.15, 0.2) is 0 Å². The van der Waals surface area contributed by atoms with Crippen LogP contribution in [0, 0.1) is 0 Å².